The predicted molar refractivity (Wildman–Crippen MR) is 152 cm³/mol. The van der Waals surface area contributed by atoms with Crippen molar-refractivity contribution in [2.45, 2.75) is 94.3 Å². The second-order valence-electron chi connectivity index (χ2n) is 13.8. The van der Waals surface area contributed by atoms with Crippen molar-refractivity contribution in [3.05, 3.63) is 54.3 Å². The van der Waals surface area contributed by atoms with Crippen molar-refractivity contribution in [2.75, 3.05) is 24.7 Å². The van der Waals surface area contributed by atoms with Crippen LogP contribution < -0.4 is 4.90 Å². The molecule has 1 amide bonds. The van der Waals surface area contributed by atoms with Crippen molar-refractivity contribution >= 4 is 11.6 Å². The van der Waals surface area contributed by atoms with Gasteiger partial charge in [-0.3, -0.25) is 4.79 Å². The molecule has 2 aromatic heterocycles. The third-order valence-corrected chi connectivity index (χ3v) is 10.4. The lowest BCUT2D eigenvalue weighted by Gasteiger charge is -2.53. The lowest BCUT2D eigenvalue weighted by atomic mass is 9.53. The molecule has 42 heavy (non-hydrogen) atoms. The third-order valence-electron chi connectivity index (χ3n) is 10.4. The molecule has 1 aromatic carbocycles. The Morgan fingerprint density at radius 3 is 2.26 bits per heavy atom. The summed E-state index contributed by atoms with van der Waals surface area (Å²) in [6.45, 7) is 9.39. The number of hydrogen-bond acceptors (Lipinski definition) is 8. The zero-order chi connectivity index (χ0) is 29.2. The molecule has 4 aliphatic carbocycles. The second kappa shape index (κ2) is 9.82. The summed E-state index contributed by atoms with van der Waals surface area (Å²) >= 11 is 0. The average Bonchev–Trinajstić information content (AvgIpc) is 3.36. The van der Waals surface area contributed by atoms with Gasteiger partial charge >= 0.3 is 0 Å². The monoisotopic (exact) mass is 575 g/mol. The maximum Gasteiger partial charge on any atom is 0.237 e. The maximum atomic E-state index is 13.6. The average molecular weight is 576 g/mol. The molecule has 5 aliphatic rings. The van der Waals surface area contributed by atoms with E-state index in [2.05, 4.69) is 35.7 Å². The molecule has 2 bridgehead atoms. The second-order valence-corrected chi connectivity index (χ2v) is 13.8. The van der Waals surface area contributed by atoms with Gasteiger partial charge in [-0.25, -0.2) is 4.39 Å². The Bertz CT molecular complexity index is 1500. The summed E-state index contributed by atoms with van der Waals surface area (Å²) < 4.78 is 30.3. The highest BCUT2D eigenvalue weighted by molar-refractivity contribution is 5.94. The first kappa shape index (κ1) is 27.4. The molecule has 5 fully saturated rings. The van der Waals surface area contributed by atoms with Crippen LogP contribution in [0.4, 0.5) is 10.1 Å². The van der Waals surface area contributed by atoms with Gasteiger partial charge in [0.2, 0.25) is 23.5 Å². The van der Waals surface area contributed by atoms with E-state index in [9.17, 15) is 9.18 Å². The number of benzene rings is 1. The van der Waals surface area contributed by atoms with Crippen LogP contribution in [-0.4, -0.2) is 45.9 Å². The minimum atomic E-state index is -0.481. The molecule has 222 valence electrons. The Morgan fingerprint density at radius 1 is 0.929 bits per heavy atom. The summed E-state index contributed by atoms with van der Waals surface area (Å²) in [5.41, 5.74) is 1.24. The van der Waals surface area contributed by atoms with Crippen molar-refractivity contribution in [1.82, 2.24) is 20.3 Å². The van der Waals surface area contributed by atoms with Gasteiger partial charge in [-0.1, -0.05) is 35.9 Å². The van der Waals surface area contributed by atoms with Crippen LogP contribution in [0.25, 0.3) is 11.4 Å². The van der Waals surface area contributed by atoms with Gasteiger partial charge < -0.3 is 18.7 Å². The number of aromatic nitrogens is 4. The first-order valence-corrected chi connectivity index (χ1v) is 15.1. The van der Waals surface area contributed by atoms with Crippen molar-refractivity contribution < 1.29 is 23.0 Å². The third kappa shape index (κ3) is 4.77. The molecule has 1 aliphatic heterocycles. The van der Waals surface area contributed by atoms with Gasteiger partial charge in [-0.05, 0) is 75.8 Å². The molecule has 4 saturated carbocycles. The van der Waals surface area contributed by atoms with Crippen LogP contribution in [0.2, 0.25) is 0 Å². The first-order valence-electron chi connectivity index (χ1n) is 15.1. The normalized spacial score (nSPS) is 26.9. The van der Waals surface area contributed by atoms with Gasteiger partial charge in [0.05, 0.1) is 24.5 Å². The highest BCUT2D eigenvalue weighted by Crippen LogP contribution is 2.58. The molecule has 0 unspecified atom stereocenters. The molecular weight excluding hydrogens is 537 g/mol. The first-order chi connectivity index (χ1) is 20.1. The number of nitrogens with zero attached hydrogens (tertiary/aromatic N) is 5. The van der Waals surface area contributed by atoms with E-state index in [4.69, 9.17) is 18.8 Å². The van der Waals surface area contributed by atoms with Crippen LogP contribution >= 0.6 is 0 Å². The number of halogens is 1. The van der Waals surface area contributed by atoms with Crippen molar-refractivity contribution in [3.8, 4) is 11.4 Å². The van der Waals surface area contributed by atoms with Crippen LogP contribution in [0.5, 0.6) is 0 Å². The zero-order valence-electron chi connectivity index (χ0n) is 24.5. The van der Waals surface area contributed by atoms with Crippen molar-refractivity contribution in [3.63, 3.8) is 0 Å². The lowest BCUT2D eigenvalue weighted by Crippen LogP contribution is -2.51. The Labute approximate surface area is 244 Å². The van der Waals surface area contributed by atoms with Gasteiger partial charge in [-0.2, -0.15) is 9.97 Å². The molecule has 0 spiro atoms. The highest BCUT2D eigenvalue weighted by Gasteiger charge is 2.53. The molecule has 1 saturated heterocycles. The van der Waals surface area contributed by atoms with Crippen molar-refractivity contribution in [2.24, 2.45) is 5.41 Å². The number of amides is 1. The van der Waals surface area contributed by atoms with Gasteiger partial charge in [0.1, 0.15) is 0 Å². The summed E-state index contributed by atoms with van der Waals surface area (Å²) in [7, 11) is 0. The molecule has 0 atom stereocenters. The number of allylic oxidation sites excluding steroid dienone is 1. The van der Waals surface area contributed by atoms with Gasteiger partial charge in [0.15, 0.2) is 5.82 Å². The number of hydrogen-bond donors (Lipinski definition) is 0. The van der Waals surface area contributed by atoms with E-state index in [1.54, 1.807) is 0 Å². The van der Waals surface area contributed by atoms with Crippen LogP contribution in [0.15, 0.2) is 45.7 Å². The van der Waals surface area contributed by atoms with Gasteiger partial charge in [0, 0.05) is 41.5 Å². The number of fused-ring (bicyclic) bond motifs is 3. The minimum Gasteiger partial charge on any atom is -0.379 e. The number of carbonyl (C=O) groups excluding carboxylic acids is 1. The van der Waals surface area contributed by atoms with Crippen LogP contribution in [0, 0.1) is 5.41 Å². The van der Waals surface area contributed by atoms with Crippen LogP contribution in [0.3, 0.4) is 0 Å². The topological polar surface area (TPSA) is 107 Å². The molecule has 10 heteroatoms. The molecular formula is C32H38FN5O4. The number of carbonyl (C=O) groups is 1. The van der Waals surface area contributed by atoms with Crippen LogP contribution in [0.1, 0.15) is 95.7 Å². The van der Waals surface area contributed by atoms with E-state index in [1.165, 1.54) is 0 Å². The number of anilines is 1. The van der Waals surface area contributed by atoms with E-state index < -0.39 is 5.83 Å². The molecule has 0 radical (unpaired) electrons. The Kier molecular flexibility index (Phi) is 6.42. The Hall–Kier alpha value is -3.40. The van der Waals surface area contributed by atoms with E-state index >= 15 is 0 Å². The molecule has 8 rings (SSSR count). The maximum absolute atomic E-state index is 13.6. The Morgan fingerprint density at radius 2 is 1.62 bits per heavy atom. The standard InChI is InChI=1S/C32H38FN5O4/c1-21(33)7-8-24(39)38(23-6-4-5-22(17-23)25-34-27(41-36-25)29(2)9-10-29)18-31-11-14-32(15-12-31,16-13-31)26-35-28(42-37-26)30(3)19-40-20-30/h4-6,17H,1,7-16,18-20H2,2-3H3. The molecule has 0 N–H and O–H groups in total. The summed E-state index contributed by atoms with van der Waals surface area (Å²) in [6.07, 6.45) is 7.91. The largest absolute Gasteiger partial charge is 0.379 e. The summed E-state index contributed by atoms with van der Waals surface area (Å²) in [4.78, 5) is 25.0. The highest BCUT2D eigenvalue weighted by atomic mass is 19.1. The van der Waals surface area contributed by atoms with E-state index in [1.807, 2.05) is 29.2 Å². The molecule has 3 aromatic rings. The van der Waals surface area contributed by atoms with E-state index in [0.29, 0.717) is 37.4 Å². The molecule has 9 nitrogen and oxygen atoms in total. The fraction of sp³-hybridized carbons (Fsp3) is 0.594. The Balaban J connectivity index is 1.11. The minimum absolute atomic E-state index is 0.0159. The molecule has 3 heterocycles. The summed E-state index contributed by atoms with van der Waals surface area (Å²) in [5.74, 6) is 2.08. The predicted octanol–water partition coefficient (Wildman–Crippen LogP) is 6.35. The number of rotatable bonds is 10. The summed E-state index contributed by atoms with van der Waals surface area (Å²) in [5, 5.41) is 8.68. The van der Waals surface area contributed by atoms with E-state index in [-0.39, 0.29) is 40.4 Å². The zero-order valence-corrected chi connectivity index (χ0v) is 24.5. The van der Waals surface area contributed by atoms with Crippen LogP contribution in [-0.2, 0) is 25.8 Å². The van der Waals surface area contributed by atoms with E-state index in [0.717, 1.165) is 68.4 Å². The van der Waals surface area contributed by atoms with Crippen molar-refractivity contribution in [1.29, 1.82) is 0 Å². The fourth-order valence-electron chi connectivity index (χ4n) is 6.89. The lowest BCUT2D eigenvalue weighted by molar-refractivity contribution is -0.119. The fourth-order valence-corrected chi connectivity index (χ4v) is 6.89. The van der Waals surface area contributed by atoms with Gasteiger partial charge in [-0.15, -0.1) is 0 Å². The van der Waals surface area contributed by atoms with Gasteiger partial charge in [0.25, 0.3) is 0 Å². The summed E-state index contributed by atoms with van der Waals surface area (Å²) in [6, 6.07) is 7.74. The quantitative estimate of drug-likeness (QED) is 0.275. The number of ether oxygens (including phenoxy) is 1. The SMILES string of the molecule is C=C(F)CCC(=O)N(CC12CCC(c3noc(C4(C)COC4)n3)(CC1)CC2)c1cccc(-c2noc(C3(C)CC3)n2)c1. The smallest absolute Gasteiger partial charge is 0.237 e.